The van der Waals surface area contributed by atoms with Crippen molar-refractivity contribution in [3.63, 3.8) is 0 Å². The Labute approximate surface area is 128 Å². The molecule has 0 N–H and O–H groups in total. The van der Waals surface area contributed by atoms with Crippen LogP contribution in [0.5, 0.6) is 0 Å². The SMILES string of the molecule is Cc1nn(C)c2nc(N3CCC4(CCOCC4)CC3)sc12. The fraction of sp³-hybridized carbons (Fsp3) is 0.733. The van der Waals surface area contributed by atoms with E-state index < -0.39 is 0 Å². The number of nitrogens with zero attached hydrogens (tertiary/aromatic N) is 4. The van der Waals surface area contributed by atoms with E-state index in [1.165, 1.54) is 35.5 Å². The van der Waals surface area contributed by atoms with Crippen molar-refractivity contribution in [2.24, 2.45) is 12.5 Å². The molecule has 114 valence electrons. The molecule has 0 atom stereocenters. The zero-order valence-electron chi connectivity index (χ0n) is 12.8. The molecule has 1 spiro atoms. The van der Waals surface area contributed by atoms with E-state index >= 15 is 0 Å². The topological polar surface area (TPSA) is 43.2 Å². The lowest BCUT2D eigenvalue weighted by Crippen LogP contribution is -2.42. The van der Waals surface area contributed by atoms with Gasteiger partial charge in [0, 0.05) is 33.4 Å². The lowest BCUT2D eigenvalue weighted by atomic mass is 9.73. The summed E-state index contributed by atoms with van der Waals surface area (Å²) >= 11 is 1.79. The van der Waals surface area contributed by atoms with Crippen LogP contribution in [0.2, 0.25) is 0 Å². The molecular formula is C15H22N4OS. The summed E-state index contributed by atoms with van der Waals surface area (Å²) in [5, 5.41) is 5.61. The number of anilines is 1. The molecule has 2 aliphatic heterocycles. The second-order valence-corrected chi connectivity index (χ2v) is 7.44. The van der Waals surface area contributed by atoms with Gasteiger partial charge in [-0.2, -0.15) is 5.10 Å². The third kappa shape index (κ3) is 2.25. The molecule has 6 heteroatoms. The third-order valence-corrected chi connectivity index (χ3v) is 6.40. The smallest absolute Gasteiger partial charge is 0.188 e. The van der Waals surface area contributed by atoms with Crippen molar-refractivity contribution in [3.05, 3.63) is 5.69 Å². The summed E-state index contributed by atoms with van der Waals surface area (Å²) in [6.07, 6.45) is 5.04. The number of hydrogen-bond acceptors (Lipinski definition) is 5. The van der Waals surface area contributed by atoms with Crippen LogP contribution in [0.25, 0.3) is 10.3 Å². The van der Waals surface area contributed by atoms with Crippen LogP contribution >= 0.6 is 11.3 Å². The van der Waals surface area contributed by atoms with Crippen molar-refractivity contribution in [2.45, 2.75) is 32.6 Å². The molecule has 0 aliphatic carbocycles. The Kier molecular flexibility index (Phi) is 3.19. The molecule has 2 fully saturated rings. The summed E-state index contributed by atoms with van der Waals surface area (Å²) in [7, 11) is 1.98. The Morgan fingerprint density at radius 3 is 2.52 bits per heavy atom. The molecule has 0 bridgehead atoms. The zero-order chi connectivity index (χ0) is 14.4. The second-order valence-electron chi connectivity index (χ2n) is 6.46. The predicted octanol–water partition coefficient (Wildman–Crippen LogP) is 2.74. The van der Waals surface area contributed by atoms with Crippen LogP contribution in [-0.2, 0) is 11.8 Å². The molecule has 0 saturated carbocycles. The Morgan fingerprint density at radius 1 is 1.14 bits per heavy atom. The normalized spacial score (nSPS) is 22.3. The van der Waals surface area contributed by atoms with Gasteiger partial charge in [0.1, 0.15) is 0 Å². The third-order valence-electron chi connectivity index (χ3n) is 5.18. The van der Waals surface area contributed by atoms with E-state index in [4.69, 9.17) is 9.72 Å². The fourth-order valence-electron chi connectivity index (χ4n) is 3.69. The van der Waals surface area contributed by atoms with Crippen LogP contribution in [0, 0.1) is 12.3 Å². The summed E-state index contributed by atoms with van der Waals surface area (Å²) in [6, 6.07) is 0. The number of aromatic nitrogens is 3. The molecule has 5 nitrogen and oxygen atoms in total. The second kappa shape index (κ2) is 4.95. The number of aryl methyl sites for hydroxylation is 2. The molecule has 0 amide bonds. The number of hydrogen-bond donors (Lipinski definition) is 0. The maximum absolute atomic E-state index is 5.53. The summed E-state index contributed by atoms with van der Waals surface area (Å²) in [6.45, 7) is 6.23. The first-order chi connectivity index (χ1) is 10.2. The van der Waals surface area contributed by atoms with E-state index in [9.17, 15) is 0 Å². The van der Waals surface area contributed by atoms with Gasteiger partial charge in [-0.25, -0.2) is 9.67 Å². The van der Waals surface area contributed by atoms with Crippen molar-refractivity contribution in [2.75, 3.05) is 31.2 Å². The highest BCUT2D eigenvalue weighted by Crippen LogP contribution is 2.42. The van der Waals surface area contributed by atoms with Crippen LogP contribution < -0.4 is 4.90 Å². The van der Waals surface area contributed by atoms with Crippen molar-refractivity contribution >= 4 is 26.8 Å². The van der Waals surface area contributed by atoms with Crippen molar-refractivity contribution < 1.29 is 4.74 Å². The van der Waals surface area contributed by atoms with E-state index in [2.05, 4.69) is 16.9 Å². The van der Waals surface area contributed by atoms with Gasteiger partial charge in [-0.15, -0.1) is 0 Å². The Balaban J connectivity index is 1.53. The highest BCUT2D eigenvalue weighted by molar-refractivity contribution is 7.22. The van der Waals surface area contributed by atoms with E-state index in [0.717, 1.165) is 37.6 Å². The lowest BCUT2D eigenvalue weighted by molar-refractivity contribution is 0.00212. The number of thiazole rings is 1. The molecule has 2 aromatic rings. The molecule has 21 heavy (non-hydrogen) atoms. The molecule has 0 unspecified atom stereocenters. The van der Waals surface area contributed by atoms with Gasteiger partial charge in [-0.3, -0.25) is 0 Å². The monoisotopic (exact) mass is 306 g/mol. The maximum atomic E-state index is 5.53. The van der Waals surface area contributed by atoms with E-state index in [-0.39, 0.29) is 0 Å². The van der Waals surface area contributed by atoms with Gasteiger partial charge in [0.25, 0.3) is 0 Å². The Bertz CT molecular complexity index is 611. The van der Waals surface area contributed by atoms with E-state index in [0.29, 0.717) is 5.41 Å². The van der Waals surface area contributed by atoms with Gasteiger partial charge in [0.2, 0.25) is 0 Å². The van der Waals surface area contributed by atoms with Crippen molar-refractivity contribution in [1.82, 2.24) is 14.8 Å². The average Bonchev–Trinajstić information content (AvgIpc) is 3.03. The first kappa shape index (κ1) is 13.5. The molecule has 2 aliphatic rings. The van der Waals surface area contributed by atoms with E-state index in [1.54, 1.807) is 11.3 Å². The van der Waals surface area contributed by atoms with Crippen LogP contribution in [0.1, 0.15) is 31.4 Å². The minimum Gasteiger partial charge on any atom is -0.381 e. The highest BCUT2D eigenvalue weighted by atomic mass is 32.1. The lowest BCUT2D eigenvalue weighted by Gasteiger charge is -2.44. The summed E-state index contributed by atoms with van der Waals surface area (Å²) in [4.78, 5) is 7.27. The van der Waals surface area contributed by atoms with Gasteiger partial charge in [-0.1, -0.05) is 11.3 Å². The first-order valence-corrected chi connectivity index (χ1v) is 8.61. The van der Waals surface area contributed by atoms with Gasteiger partial charge < -0.3 is 9.64 Å². The van der Waals surface area contributed by atoms with Gasteiger partial charge in [0.05, 0.1) is 10.4 Å². The van der Waals surface area contributed by atoms with Crippen molar-refractivity contribution in [3.8, 4) is 0 Å². The number of ether oxygens (including phenoxy) is 1. The largest absolute Gasteiger partial charge is 0.381 e. The minimum atomic E-state index is 0.545. The molecule has 0 aromatic carbocycles. The van der Waals surface area contributed by atoms with E-state index in [1.807, 2.05) is 11.7 Å². The summed E-state index contributed by atoms with van der Waals surface area (Å²) < 4.78 is 8.66. The number of piperidine rings is 1. The number of rotatable bonds is 1. The maximum Gasteiger partial charge on any atom is 0.188 e. The molecule has 4 heterocycles. The molecular weight excluding hydrogens is 284 g/mol. The standard InChI is InChI=1S/C15H22N4OS/c1-11-12-13(18(2)17-11)16-14(21-12)19-7-3-15(4-8-19)5-9-20-10-6-15/h3-10H2,1-2H3. The predicted molar refractivity (Wildman–Crippen MR) is 85.1 cm³/mol. The highest BCUT2D eigenvalue weighted by Gasteiger charge is 2.36. The van der Waals surface area contributed by atoms with Crippen LogP contribution in [0.3, 0.4) is 0 Å². The van der Waals surface area contributed by atoms with Crippen LogP contribution in [-0.4, -0.2) is 41.1 Å². The number of fused-ring (bicyclic) bond motifs is 1. The molecule has 0 radical (unpaired) electrons. The Morgan fingerprint density at radius 2 is 1.86 bits per heavy atom. The summed E-state index contributed by atoms with van der Waals surface area (Å²) in [5.74, 6) is 0. The zero-order valence-corrected chi connectivity index (χ0v) is 13.6. The van der Waals surface area contributed by atoms with Crippen molar-refractivity contribution in [1.29, 1.82) is 0 Å². The van der Waals surface area contributed by atoms with Gasteiger partial charge in [-0.05, 0) is 38.0 Å². The first-order valence-electron chi connectivity index (χ1n) is 7.80. The molecule has 2 aromatic heterocycles. The molecule has 4 rings (SSSR count). The minimum absolute atomic E-state index is 0.545. The quantitative estimate of drug-likeness (QED) is 0.812. The molecule has 2 saturated heterocycles. The van der Waals surface area contributed by atoms with Gasteiger partial charge >= 0.3 is 0 Å². The van der Waals surface area contributed by atoms with Gasteiger partial charge in [0.15, 0.2) is 10.8 Å². The summed E-state index contributed by atoms with van der Waals surface area (Å²) in [5.41, 5.74) is 2.66. The van der Waals surface area contributed by atoms with Crippen LogP contribution in [0.15, 0.2) is 0 Å². The fourth-order valence-corrected chi connectivity index (χ4v) is 4.77. The Hall–Kier alpha value is -1.14. The average molecular weight is 306 g/mol. The van der Waals surface area contributed by atoms with Crippen LogP contribution in [0.4, 0.5) is 5.13 Å².